The Hall–Kier alpha value is -1.26. The van der Waals surface area contributed by atoms with E-state index in [0.29, 0.717) is 13.4 Å². The number of nitrogens with one attached hydrogen (secondary N) is 1. The van der Waals surface area contributed by atoms with Gasteiger partial charge in [-0.2, -0.15) is 0 Å². The Morgan fingerprint density at radius 1 is 1.20 bits per heavy atom. The molecule has 20 heavy (non-hydrogen) atoms. The average molecular weight is 279 g/mol. The first kappa shape index (κ1) is 15.1. The quantitative estimate of drug-likeness (QED) is 0.528. The van der Waals surface area contributed by atoms with Crippen LogP contribution in [0.1, 0.15) is 32.3 Å². The predicted octanol–water partition coefficient (Wildman–Crippen LogP) is 2.96. The first-order valence-corrected chi connectivity index (χ1v) is 7.51. The Balaban J connectivity index is 1.95. The molecule has 0 amide bonds. The first-order valence-electron chi connectivity index (χ1n) is 7.51. The lowest BCUT2D eigenvalue weighted by molar-refractivity contribution is 0.00781. The van der Waals surface area contributed by atoms with Crippen LogP contribution in [0.4, 0.5) is 0 Å². The highest BCUT2D eigenvalue weighted by atomic mass is 16.7. The van der Waals surface area contributed by atoms with Crippen LogP contribution >= 0.6 is 0 Å². The molecule has 4 heteroatoms. The summed E-state index contributed by atoms with van der Waals surface area (Å²) in [6.07, 6.45) is 2.59. The lowest BCUT2D eigenvalue weighted by Crippen LogP contribution is -2.14. The van der Waals surface area contributed by atoms with Gasteiger partial charge in [-0.25, -0.2) is 0 Å². The summed E-state index contributed by atoms with van der Waals surface area (Å²) in [6.45, 7) is 7.49. The second kappa shape index (κ2) is 8.12. The van der Waals surface area contributed by atoms with Gasteiger partial charge >= 0.3 is 0 Å². The Morgan fingerprint density at radius 2 is 2.05 bits per heavy atom. The van der Waals surface area contributed by atoms with Gasteiger partial charge in [0.25, 0.3) is 0 Å². The maximum atomic E-state index is 5.81. The van der Waals surface area contributed by atoms with Crippen LogP contribution in [-0.4, -0.2) is 26.6 Å². The summed E-state index contributed by atoms with van der Waals surface area (Å²) in [5, 5.41) is 3.32. The molecular formula is C16H25NO3. The fourth-order valence-corrected chi connectivity index (χ4v) is 1.99. The maximum Gasteiger partial charge on any atom is 0.189 e. The van der Waals surface area contributed by atoms with Crippen LogP contribution < -0.4 is 14.8 Å². The molecule has 0 unspecified atom stereocenters. The zero-order chi connectivity index (χ0) is 14.2. The maximum absolute atomic E-state index is 5.81. The van der Waals surface area contributed by atoms with Gasteiger partial charge in [-0.1, -0.05) is 19.1 Å². The molecule has 112 valence electrons. The Morgan fingerprint density at radius 3 is 2.75 bits per heavy atom. The van der Waals surface area contributed by atoms with E-state index in [1.807, 2.05) is 19.1 Å². The van der Waals surface area contributed by atoms with Gasteiger partial charge in [0.2, 0.25) is 0 Å². The van der Waals surface area contributed by atoms with E-state index < -0.39 is 0 Å². The molecule has 1 N–H and O–H groups in total. The molecule has 2 rings (SSSR count). The Kier molecular flexibility index (Phi) is 6.15. The fourth-order valence-electron chi connectivity index (χ4n) is 1.99. The molecule has 1 fully saturated rings. The van der Waals surface area contributed by atoms with Crippen molar-refractivity contribution in [3.8, 4) is 11.5 Å². The summed E-state index contributed by atoms with van der Waals surface area (Å²) < 4.78 is 17.0. The van der Waals surface area contributed by atoms with Crippen molar-refractivity contribution in [2.45, 2.75) is 33.2 Å². The van der Waals surface area contributed by atoms with Crippen molar-refractivity contribution >= 4 is 0 Å². The summed E-state index contributed by atoms with van der Waals surface area (Å²) in [5.74, 6) is 2.34. The first-order chi connectivity index (χ1) is 9.85. The highest BCUT2D eigenvalue weighted by molar-refractivity contribution is 5.46. The van der Waals surface area contributed by atoms with Crippen LogP contribution in [-0.2, 0) is 11.3 Å². The summed E-state index contributed by atoms with van der Waals surface area (Å²) >= 11 is 0. The third kappa shape index (κ3) is 4.69. The smallest absolute Gasteiger partial charge is 0.189 e. The average Bonchev–Trinajstić information content (AvgIpc) is 3.27. The molecular weight excluding hydrogens is 254 g/mol. The van der Waals surface area contributed by atoms with E-state index in [2.05, 4.69) is 18.3 Å². The summed E-state index contributed by atoms with van der Waals surface area (Å²) in [5.41, 5.74) is 1.10. The van der Waals surface area contributed by atoms with E-state index in [-0.39, 0.29) is 0 Å². The van der Waals surface area contributed by atoms with Crippen molar-refractivity contribution in [2.75, 3.05) is 26.6 Å². The standard InChI is InChI=1S/C16H25NO3/c1-3-17-10-14-6-5-7-15(19-4-2)16(14)20-12-18-11-13-8-9-13/h5-7,13,17H,3-4,8-12H2,1-2H3. The van der Waals surface area contributed by atoms with E-state index in [9.17, 15) is 0 Å². The van der Waals surface area contributed by atoms with Crippen LogP contribution in [0.5, 0.6) is 11.5 Å². The molecule has 1 aromatic rings. The van der Waals surface area contributed by atoms with E-state index in [1.54, 1.807) is 0 Å². The van der Waals surface area contributed by atoms with E-state index in [0.717, 1.165) is 42.7 Å². The third-order valence-electron chi connectivity index (χ3n) is 3.26. The molecule has 1 saturated carbocycles. The predicted molar refractivity (Wildman–Crippen MR) is 79.2 cm³/mol. The van der Waals surface area contributed by atoms with Crippen LogP contribution in [0.2, 0.25) is 0 Å². The zero-order valence-electron chi connectivity index (χ0n) is 12.5. The van der Waals surface area contributed by atoms with Gasteiger partial charge in [-0.15, -0.1) is 0 Å². The monoisotopic (exact) mass is 279 g/mol. The van der Waals surface area contributed by atoms with Gasteiger partial charge in [0.15, 0.2) is 18.3 Å². The number of rotatable bonds is 10. The SMILES string of the molecule is CCNCc1cccc(OCC)c1OCOCC1CC1. The number of hydrogen-bond acceptors (Lipinski definition) is 4. The molecule has 0 aromatic heterocycles. The molecule has 0 saturated heterocycles. The molecule has 1 aliphatic rings. The molecule has 1 aliphatic carbocycles. The van der Waals surface area contributed by atoms with Gasteiger partial charge < -0.3 is 19.5 Å². The largest absolute Gasteiger partial charge is 0.490 e. The molecule has 1 aromatic carbocycles. The Bertz CT molecular complexity index is 405. The van der Waals surface area contributed by atoms with Gasteiger partial charge in [0, 0.05) is 12.1 Å². The summed E-state index contributed by atoms with van der Waals surface area (Å²) in [4.78, 5) is 0. The van der Waals surface area contributed by atoms with Gasteiger partial charge in [0.1, 0.15) is 0 Å². The van der Waals surface area contributed by atoms with Crippen LogP contribution in [0.15, 0.2) is 18.2 Å². The minimum absolute atomic E-state index is 0.291. The normalized spacial score (nSPS) is 14.3. The van der Waals surface area contributed by atoms with Crippen molar-refractivity contribution in [2.24, 2.45) is 5.92 Å². The number of hydrogen-bond donors (Lipinski definition) is 1. The van der Waals surface area contributed by atoms with Crippen molar-refractivity contribution in [3.05, 3.63) is 23.8 Å². The van der Waals surface area contributed by atoms with Gasteiger partial charge in [-0.05, 0) is 38.3 Å². The third-order valence-corrected chi connectivity index (χ3v) is 3.26. The minimum atomic E-state index is 0.291. The second-order valence-corrected chi connectivity index (χ2v) is 5.03. The van der Waals surface area contributed by atoms with Crippen LogP contribution in [0.25, 0.3) is 0 Å². The summed E-state index contributed by atoms with van der Waals surface area (Å²) in [6, 6.07) is 5.99. The Labute approximate surface area is 121 Å². The molecule has 4 nitrogen and oxygen atoms in total. The minimum Gasteiger partial charge on any atom is -0.490 e. The number of para-hydroxylation sites is 1. The molecule has 0 atom stereocenters. The highest BCUT2D eigenvalue weighted by Crippen LogP contribution is 2.32. The number of ether oxygens (including phenoxy) is 3. The molecule has 0 radical (unpaired) electrons. The molecule has 0 heterocycles. The van der Waals surface area contributed by atoms with E-state index in [1.165, 1.54) is 12.8 Å². The zero-order valence-corrected chi connectivity index (χ0v) is 12.5. The van der Waals surface area contributed by atoms with Crippen molar-refractivity contribution < 1.29 is 14.2 Å². The fraction of sp³-hybridized carbons (Fsp3) is 0.625. The van der Waals surface area contributed by atoms with E-state index in [4.69, 9.17) is 14.2 Å². The summed E-state index contributed by atoms with van der Waals surface area (Å²) in [7, 11) is 0. The molecule has 0 bridgehead atoms. The lowest BCUT2D eigenvalue weighted by atomic mass is 10.2. The number of benzene rings is 1. The van der Waals surface area contributed by atoms with Crippen molar-refractivity contribution in [1.82, 2.24) is 5.32 Å². The van der Waals surface area contributed by atoms with Gasteiger partial charge in [-0.3, -0.25) is 0 Å². The van der Waals surface area contributed by atoms with E-state index >= 15 is 0 Å². The van der Waals surface area contributed by atoms with Gasteiger partial charge in [0.05, 0.1) is 13.2 Å². The highest BCUT2D eigenvalue weighted by Gasteiger charge is 2.21. The topological polar surface area (TPSA) is 39.7 Å². The van der Waals surface area contributed by atoms with Crippen LogP contribution in [0.3, 0.4) is 0 Å². The van der Waals surface area contributed by atoms with Crippen molar-refractivity contribution in [3.63, 3.8) is 0 Å². The lowest BCUT2D eigenvalue weighted by Gasteiger charge is -2.16. The molecule has 0 spiro atoms. The van der Waals surface area contributed by atoms with Crippen LogP contribution in [0, 0.1) is 5.92 Å². The second-order valence-electron chi connectivity index (χ2n) is 5.03. The van der Waals surface area contributed by atoms with Crippen molar-refractivity contribution in [1.29, 1.82) is 0 Å². The molecule has 0 aliphatic heterocycles.